The molecule has 0 aliphatic rings. The van der Waals surface area contributed by atoms with Crippen LogP contribution in [0.3, 0.4) is 0 Å². The molecule has 0 saturated heterocycles. The van der Waals surface area contributed by atoms with Gasteiger partial charge >= 0.3 is 0 Å². The molecule has 4 aromatic rings. The van der Waals surface area contributed by atoms with Crippen molar-refractivity contribution in [1.82, 2.24) is 4.98 Å². The van der Waals surface area contributed by atoms with Gasteiger partial charge in [-0.05, 0) is 48.4 Å². The van der Waals surface area contributed by atoms with E-state index in [4.69, 9.17) is 0 Å². The molecule has 9 heteroatoms. The Hall–Kier alpha value is -3.66. The second kappa shape index (κ2) is 9.07. The number of nitrogens with one attached hydrogen (secondary N) is 2. The summed E-state index contributed by atoms with van der Waals surface area (Å²) in [6.07, 6.45) is 0. The zero-order chi connectivity index (χ0) is 23.6. The number of fused-ring (bicyclic) bond motifs is 1. The van der Waals surface area contributed by atoms with Gasteiger partial charge in [0.15, 0.2) is 0 Å². The summed E-state index contributed by atoms with van der Waals surface area (Å²) in [6, 6.07) is 23.2. The van der Waals surface area contributed by atoms with E-state index in [0.29, 0.717) is 28.1 Å². The number of carbonyl (C=O) groups is 1. The van der Waals surface area contributed by atoms with Gasteiger partial charge in [0.2, 0.25) is 0 Å². The molecular weight excluding hydrogens is 442 g/mol. The Balaban J connectivity index is 1.55. The second-order valence-electron chi connectivity index (χ2n) is 7.73. The largest absolute Gasteiger partial charge is 0.381 e. The van der Waals surface area contributed by atoms with E-state index in [1.54, 1.807) is 55.5 Å². The number of rotatable bonds is 7. The summed E-state index contributed by atoms with van der Waals surface area (Å²) in [7, 11) is -1.56. The van der Waals surface area contributed by atoms with Crippen LogP contribution in [0.5, 0.6) is 0 Å². The topological polar surface area (TPSA) is 112 Å². The van der Waals surface area contributed by atoms with Crippen LogP contribution in [0.15, 0.2) is 78.9 Å². The first-order chi connectivity index (χ1) is 15.7. The maximum absolute atomic E-state index is 12.9. The van der Waals surface area contributed by atoms with Gasteiger partial charge in [-0.15, -0.1) is 0 Å². The zero-order valence-corrected chi connectivity index (χ0v) is 18.9. The monoisotopic (exact) mass is 465 g/mol. The number of hydrogen-bond acceptors (Lipinski definition) is 6. The number of amides is 1. The molecule has 1 amide bonds. The molecule has 0 aliphatic heterocycles. The van der Waals surface area contributed by atoms with Crippen LogP contribution >= 0.6 is 0 Å². The number of anilines is 2. The Bertz CT molecular complexity index is 1370. The van der Waals surface area contributed by atoms with Crippen LogP contribution in [0.1, 0.15) is 28.5 Å². The zero-order valence-electron chi connectivity index (χ0n) is 18.0. The Labute approximate surface area is 192 Å². The van der Waals surface area contributed by atoms with E-state index in [0.717, 1.165) is 16.0 Å². The number of nitrogens with zero attached hydrogens (tertiary/aromatic N) is 1. The molecule has 0 fully saturated rings. The third-order valence-corrected chi connectivity index (χ3v) is 5.80. The van der Waals surface area contributed by atoms with Gasteiger partial charge in [-0.25, -0.2) is 13.5 Å². The van der Waals surface area contributed by atoms with E-state index in [1.165, 1.54) is 7.05 Å². The van der Waals surface area contributed by atoms with Gasteiger partial charge in [-0.1, -0.05) is 48.5 Å². The third kappa shape index (κ3) is 4.90. The lowest BCUT2D eigenvalue weighted by atomic mass is 9.88. The standard InChI is InChI=1S/C24H23N3O5S/c1-24(29,17-7-4-3-5-8-17)18-9-6-10-19(14-18)25-23(28)22-13-16-11-12-20(15-21(16)26-22)27(2)32-33(30)31/h3-15,26,29,33H,1-2H3,(H,25,28). The molecule has 0 saturated carbocycles. The number of benzene rings is 3. The molecular formula is C24H23N3O5S. The Morgan fingerprint density at radius 2 is 1.73 bits per heavy atom. The van der Waals surface area contributed by atoms with Gasteiger partial charge in [0.25, 0.3) is 16.9 Å². The number of thiol groups is 1. The van der Waals surface area contributed by atoms with Gasteiger partial charge in [-0.3, -0.25) is 4.79 Å². The van der Waals surface area contributed by atoms with Crippen molar-refractivity contribution in [2.45, 2.75) is 12.5 Å². The van der Waals surface area contributed by atoms with Gasteiger partial charge in [0, 0.05) is 23.6 Å². The van der Waals surface area contributed by atoms with E-state index in [1.807, 2.05) is 30.3 Å². The van der Waals surface area contributed by atoms with Gasteiger partial charge in [0.05, 0.1) is 5.69 Å². The number of aromatic amines is 1. The van der Waals surface area contributed by atoms with Crippen LogP contribution in [-0.2, 0) is 20.9 Å². The second-order valence-corrected chi connectivity index (χ2v) is 8.34. The van der Waals surface area contributed by atoms with Crippen molar-refractivity contribution in [2.75, 3.05) is 17.4 Å². The predicted molar refractivity (Wildman–Crippen MR) is 128 cm³/mol. The molecule has 1 heterocycles. The Morgan fingerprint density at radius 1 is 1.00 bits per heavy atom. The van der Waals surface area contributed by atoms with Gasteiger partial charge in [0.1, 0.15) is 11.3 Å². The van der Waals surface area contributed by atoms with Crippen molar-refractivity contribution in [2.24, 2.45) is 0 Å². The SMILES string of the molecule is CN(O[SH](=O)=O)c1ccc2cc(C(=O)Nc3cccc(C(C)(O)c4ccccc4)c3)[nH]c2c1. The van der Waals surface area contributed by atoms with Crippen molar-refractivity contribution in [3.63, 3.8) is 0 Å². The maximum Gasteiger partial charge on any atom is 0.277 e. The first kappa shape index (κ1) is 22.5. The summed E-state index contributed by atoms with van der Waals surface area (Å²) in [5, 5.41) is 15.8. The van der Waals surface area contributed by atoms with E-state index >= 15 is 0 Å². The van der Waals surface area contributed by atoms with Crippen molar-refractivity contribution < 1.29 is 22.6 Å². The van der Waals surface area contributed by atoms with E-state index in [9.17, 15) is 18.3 Å². The smallest absolute Gasteiger partial charge is 0.277 e. The molecule has 3 aromatic carbocycles. The molecule has 1 aromatic heterocycles. The summed E-state index contributed by atoms with van der Waals surface area (Å²) < 4.78 is 26.2. The summed E-state index contributed by atoms with van der Waals surface area (Å²) >= 11 is 0. The normalized spacial score (nSPS) is 13.1. The number of hydroxylamine groups is 1. The highest BCUT2D eigenvalue weighted by molar-refractivity contribution is 7.67. The maximum atomic E-state index is 12.9. The van der Waals surface area contributed by atoms with Crippen LogP contribution in [0, 0.1) is 0 Å². The molecule has 3 N–H and O–H groups in total. The summed E-state index contributed by atoms with van der Waals surface area (Å²) in [6.45, 7) is 1.71. The fourth-order valence-electron chi connectivity index (χ4n) is 3.61. The average molecular weight is 466 g/mol. The van der Waals surface area contributed by atoms with Crippen LogP contribution in [0.4, 0.5) is 11.4 Å². The van der Waals surface area contributed by atoms with Crippen LogP contribution in [0.25, 0.3) is 10.9 Å². The molecule has 33 heavy (non-hydrogen) atoms. The lowest BCUT2D eigenvalue weighted by Crippen LogP contribution is -2.23. The molecule has 4 rings (SSSR count). The minimum atomic E-state index is -3.03. The highest BCUT2D eigenvalue weighted by Gasteiger charge is 2.25. The highest BCUT2D eigenvalue weighted by atomic mass is 32.2. The van der Waals surface area contributed by atoms with Gasteiger partial charge in [-0.2, -0.15) is 4.28 Å². The quantitative estimate of drug-likeness (QED) is 0.245. The average Bonchev–Trinajstić information content (AvgIpc) is 3.23. The van der Waals surface area contributed by atoms with Crippen molar-refractivity contribution in [3.05, 3.63) is 95.7 Å². The molecule has 0 bridgehead atoms. The van der Waals surface area contributed by atoms with Crippen molar-refractivity contribution in [3.8, 4) is 0 Å². The molecule has 1 atom stereocenters. The fourth-order valence-corrected chi connectivity index (χ4v) is 3.90. The first-order valence-corrected chi connectivity index (χ1v) is 11.2. The Morgan fingerprint density at radius 3 is 2.45 bits per heavy atom. The summed E-state index contributed by atoms with van der Waals surface area (Å²) in [5.74, 6) is -0.350. The minimum Gasteiger partial charge on any atom is -0.381 e. The molecule has 0 spiro atoms. The molecule has 0 aliphatic carbocycles. The summed E-state index contributed by atoms with van der Waals surface area (Å²) in [5.41, 5.74) is 2.20. The summed E-state index contributed by atoms with van der Waals surface area (Å²) in [4.78, 5) is 15.9. The number of aromatic nitrogens is 1. The van der Waals surface area contributed by atoms with E-state index < -0.39 is 16.6 Å². The third-order valence-electron chi connectivity index (χ3n) is 5.42. The van der Waals surface area contributed by atoms with Gasteiger partial charge < -0.3 is 15.4 Å². The molecule has 8 nitrogen and oxygen atoms in total. The number of carbonyl (C=O) groups excluding carboxylic acids is 1. The van der Waals surface area contributed by atoms with Crippen LogP contribution in [-0.4, -0.2) is 31.5 Å². The van der Waals surface area contributed by atoms with Crippen molar-refractivity contribution >= 4 is 39.2 Å². The predicted octanol–water partition coefficient (Wildman–Crippen LogP) is 3.57. The fraction of sp³-hybridized carbons (Fsp3) is 0.125. The minimum absolute atomic E-state index is 0.334. The lowest BCUT2D eigenvalue weighted by Gasteiger charge is -2.25. The Kier molecular flexibility index (Phi) is 6.19. The molecule has 170 valence electrons. The number of aliphatic hydroxyl groups is 1. The van der Waals surface area contributed by atoms with Crippen molar-refractivity contribution in [1.29, 1.82) is 0 Å². The van der Waals surface area contributed by atoms with Crippen LogP contribution in [0.2, 0.25) is 0 Å². The van der Waals surface area contributed by atoms with E-state index in [2.05, 4.69) is 14.6 Å². The molecule has 0 radical (unpaired) electrons. The first-order valence-electron chi connectivity index (χ1n) is 10.1. The highest BCUT2D eigenvalue weighted by Crippen LogP contribution is 2.30. The molecule has 1 unspecified atom stereocenters. The lowest BCUT2D eigenvalue weighted by molar-refractivity contribution is 0.101. The van der Waals surface area contributed by atoms with E-state index in [-0.39, 0.29) is 5.91 Å². The number of hydrogen-bond donors (Lipinski definition) is 4. The number of H-pyrrole nitrogens is 1. The van der Waals surface area contributed by atoms with Crippen LogP contribution < -0.4 is 10.4 Å².